The number of ketones is 1. The van der Waals surface area contributed by atoms with Gasteiger partial charge in [0, 0.05) is 11.6 Å². The maximum Gasteiger partial charge on any atom is 0.282 e. The molecule has 0 aromatic heterocycles. The minimum absolute atomic E-state index is 0.233. The van der Waals surface area contributed by atoms with Gasteiger partial charge in [-0.1, -0.05) is 19.1 Å². The zero-order valence-electron chi connectivity index (χ0n) is 19.4. The van der Waals surface area contributed by atoms with Gasteiger partial charge in [-0.3, -0.25) is 29.3 Å². The van der Waals surface area contributed by atoms with Crippen molar-refractivity contribution in [2.45, 2.75) is 26.2 Å². The maximum absolute atomic E-state index is 13.6. The van der Waals surface area contributed by atoms with Gasteiger partial charge in [0.1, 0.15) is 17.9 Å². The SMILES string of the molecule is COc1ccc(C(=O)CN(C(=O)c2ccccc2[N+](=O)[O-])N2C(=O)[C@H]3C[C@H](C)CC[C@H]3C2=O)cc1. The summed E-state index contributed by atoms with van der Waals surface area (Å²) >= 11 is 0. The van der Waals surface area contributed by atoms with Gasteiger partial charge in [0.15, 0.2) is 5.78 Å². The van der Waals surface area contributed by atoms with Crippen molar-refractivity contribution in [2.24, 2.45) is 17.8 Å². The number of ether oxygens (including phenoxy) is 1. The molecule has 0 bridgehead atoms. The smallest absolute Gasteiger partial charge is 0.282 e. The molecule has 0 spiro atoms. The highest BCUT2D eigenvalue weighted by Gasteiger charge is 2.53. The van der Waals surface area contributed by atoms with Gasteiger partial charge in [-0.25, -0.2) is 5.01 Å². The van der Waals surface area contributed by atoms with Gasteiger partial charge in [-0.05, 0) is 55.5 Å². The number of nitro groups is 1. The second-order valence-corrected chi connectivity index (χ2v) is 8.91. The molecular weight excluding hydrogens is 454 g/mol. The van der Waals surface area contributed by atoms with Crippen LogP contribution in [-0.4, -0.2) is 52.1 Å². The summed E-state index contributed by atoms with van der Waals surface area (Å²) in [4.78, 5) is 64.2. The highest BCUT2D eigenvalue weighted by molar-refractivity contribution is 6.10. The summed E-state index contributed by atoms with van der Waals surface area (Å²) in [7, 11) is 1.48. The normalized spacial score (nSPS) is 21.4. The quantitative estimate of drug-likeness (QED) is 0.258. The largest absolute Gasteiger partial charge is 0.497 e. The first-order valence-electron chi connectivity index (χ1n) is 11.3. The van der Waals surface area contributed by atoms with Crippen molar-refractivity contribution in [2.75, 3.05) is 13.7 Å². The van der Waals surface area contributed by atoms with Gasteiger partial charge < -0.3 is 4.74 Å². The molecule has 10 heteroatoms. The van der Waals surface area contributed by atoms with Gasteiger partial charge in [0.2, 0.25) is 0 Å². The van der Waals surface area contributed by atoms with E-state index in [1.807, 2.05) is 6.92 Å². The number of hydrogen-bond donors (Lipinski definition) is 0. The molecule has 182 valence electrons. The van der Waals surface area contributed by atoms with E-state index >= 15 is 0 Å². The molecule has 2 fully saturated rings. The molecule has 1 saturated heterocycles. The van der Waals surface area contributed by atoms with Crippen molar-refractivity contribution >= 4 is 29.2 Å². The lowest BCUT2D eigenvalue weighted by molar-refractivity contribution is -0.385. The first-order valence-corrected chi connectivity index (χ1v) is 11.3. The van der Waals surface area contributed by atoms with Crippen molar-refractivity contribution in [1.82, 2.24) is 10.0 Å². The Balaban J connectivity index is 1.73. The first-order chi connectivity index (χ1) is 16.7. The first kappa shape index (κ1) is 24.1. The number of methoxy groups -OCH3 is 1. The van der Waals surface area contributed by atoms with E-state index in [1.54, 1.807) is 12.1 Å². The molecule has 10 nitrogen and oxygen atoms in total. The number of hydrazine groups is 1. The molecule has 2 aromatic carbocycles. The minimum atomic E-state index is -0.965. The molecule has 1 aliphatic carbocycles. The van der Waals surface area contributed by atoms with Crippen LogP contribution in [0.25, 0.3) is 0 Å². The number of benzene rings is 2. The fourth-order valence-corrected chi connectivity index (χ4v) is 4.80. The van der Waals surface area contributed by atoms with E-state index in [0.717, 1.165) is 22.5 Å². The lowest BCUT2D eigenvalue weighted by atomic mass is 9.76. The number of carbonyl (C=O) groups excluding carboxylic acids is 4. The number of carbonyl (C=O) groups is 4. The summed E-state index contributed by atoms with van der Waals surface area (Å²) in [6.07, 6.45) is 1.79. The zero-order valence-corrected chi connectivity index (χ0v) is 19.4. The van der Waals surface area contributed by atoms with Crippen LogP contribution in [-0.2, 0) is 9.59 Å². The number of Topliss-reactive ketones (excluding diaryl/α,β-unsaturated/α-hetero) is 1. The summed E-state index contributed by atoms with van der Waals surface area (Å²) in [5.74, 6) is -3.00. The zero-order chi connectivity index (χ0) is 25.3. The van der Waals surface area contributed by atoms with Crippen molar-refractivity contribution in [3.63, 3.8) is 0 Å². The van der Waals surface area contributed by atoms with Crippen molar-refractivity contribution in [3.05, 3.63) is 69.8 Å². The van der Waals surface area contributed by atoms with Crippen LogP contribution in [0.1, 0.15) is 46.9 Å². The Morgan fingerprint density at radius 2 is 1.71 bits per heavy atom. The van der Waals surface area contributed by atoms with Crippen LogP contribution < -0.4 is 4.74 Å². The molecular formula is C25H25N3O7. The topological polar surface area (TPSA) is 127 Å². The number of fused-ring (bicyclic) bond motifs is 1. The van der Waals surface area contributed by atoms with E-state index in [4.69, 9.17) is 4.74 Å². The van der Waals surface area contributed by atoms with Crippen LogP contribution in [0.15, 0.2) is 48.5 Å². The number of imide groups is 1. The van der Waals surface area contributed by atoms with Gasteiger partial charge in [-0.2, -0.15) is 5.01 Å². The summed E-state index contributed by atoms with van der Waals surface area (Å²) in [6, 6.07) is 11.4. The Hall–Kier alpha value is -4.08. The van der Waals surface area contributed by atoms with Crippen LogP contribution >= 0.6 is 0 Å². The van der Waals surface area contributed by atoms with E-state index in [1.165, 1.54) is 37.4 Å². The fourth-order valence-electron chi connectivity index (χ4n) is 4.80. The number of nitrogens with zero attached hydrogens (tertiary/aromatic N) is 3. The Bertz CT molecular complexity index is 1190. The van der Waals surface area contributed by atoms with E-state index in [9.17, 15) is 29.3 Å². The van der Waals surface area contributed by atoms with Gasteiger partial charge >= 0.3 is 0 Å². The number of hydrogen-bond acceptors (Lipinski definition) is 7. The van der Waals surface area contributed by atoms with E-state index < -0.39 is 52.5 Å². The molecule has 1 aliphatic heterocycles. The van der Waals surface area contributed by atoms with Crippen molar-refractivity contribution in [1.29, 1.82) is 0 Å². The third-order valence-electron chi connectivity index (χ3n) is 6.68. The molecule has 0 N–H and O–H groups in total. The van der Waals surface area contributed by atoms with Gasteiger partial charge in [0.25, 0.3) is 23.4 Å². The summed E-state index contributed by atoms with van der Waals surface area (Å²) in [5, 5.41) is 13.1. The van der Waals surface area contributed by atoms with Crippen LogP contribution in [0.2, 0.25) is 0 Å². The number of rotatable bonds is 7. The molecule has 1 saturated carbocycles. The third kappa shape index (κ3) is 4.51. The predicted octanol–water partition coefficient (Wildman–Crippen LogP) is 3.26. The molecule has 3 amide bonds. The maximum atomic E-state index is 13.6. The van der Waals surface area contributed by atoms with Crippen LogP contribution in [0.3, 0.4) is 0 Å². The van der Waals surface area contributed by atoms with Gasteiger partial charge in [0.05, 0.1) is 23.9 Å². The van der Waals surface area contributed by atoms with Gasteiger partial charge in [-0.15, -0.1) is 0 Å². The monoisotopic (exact) mass is 479 g/mol. The second kappa shape index (κ2) is 9.65. The van der Waals surface area contributed by atoms with E-state index in [2.05, 4.69) is 0 Å². The Morgan fingerprint density at radius 1 is 1.06 bits per heavy atom. The molecule has 4 rings (SSSR count). The number of para-hydroxylation sites is 1. The lowest BCUT2D eigenvalue weighted by Gasteiger charge is -2.30. The summed E-state index contributed by atoms with van der Waals surface area (Å²) in [6.45, 7) is 1.36. The predicted molar refractivity (Wildman–Crippen MR) is 123 cm³/mol. The molecule has 1 heterocycles. The standard InChI is InChI=1S/C25H25N3O7/c1-15-7-12-18-20(13-15)25(32)27(24(18)31)26(14-22(29)16-8-10-17(35-2)11-9-16)23(30)19-5-3-4-6-21(19)28(33)34/h3-6,8-11,15,18,20H,7,12-14H2,1-2H3/t15-,18-,20+/m1/s1. The molecule has 0 unspecified atom stereocenters. The highest BCUT2D eigenvalue weighted by Crippen LogP contribution is 2.41. The number of nitro benzene ring substituents is 1. The Kier molecular flexibility index (Phi) is 6.63. The van der Waals surface area contributed by atoms with Crippen LogP contribution in [0, 0.1) is 27.9 Å². The Labute approximate surface area is 201 Å². The summed E-state index contributed by atoms with van der Waals surface area (Å²) in [5.41, 5.74) is -0.565. The average molecular weight is 479 g/mol. The average Bonchev–Trinajstić information content (AvgIpc) is 3.10. The van der Waals surface area contributed by atoms with Crippen LogP contribution in [0.5, 0.6) is 5.75 Å². The fraction of sp³-hybridized carbons (Fsp3) is 0.360. The van der Waals surface area contributed by atoms with Crippen molar-refractivity contribution < 1.29 is 28.8 Å². The molecule has 2 aliphatic rings. The molecule has 3 atom stereocenters. The van der Waals surface area contributed by atoms with E-state index in [-0.39, 0.29) is 17.0 Å². The summed E-state index contributed by atoms with van der Waals surface area (Å²) < 4.78 is 5.10. The van der Waals surface area contributed by atoms with E-state index in [0.29, 0.717) is 18.6 Å². The lowest BCUT2D eigenvalue weighted by Crippen LogP contribution is -2.52. The second-order valence-electron chi connectivity index (χ2n) is 8.91. The molecule has 0 radical (unpaired) electrons. The Morgan fingerprint density at radius 3 is 2.37 bits per heavy atom. The highest BCUT2D eigenvalue weighted by atomic mass is 16.6. The minimum Gasteiger partial charge on any atom is -0.497 e. The molecule has 35 heavy (non-hydrogen) atoms. The van der Waals surface area contributed by atoms with Crippen LogP contribution in [0.4, 0.5) is 5.69 Å². The molecule has 2 aromatic rings. The third-order valence-corrected chi connectivity index (χ3v) is 6.68. The number of amides is 3. The van der Waals surface area contributed by atoms with Crippen molar-refractivity contribution in [3.8, 4) is 5.75 Å².